The molecule has 0 aliphatic heterocycles. The number of carbonyl (C=O) groups is 1. The Bertz CT molecular complexity index is 964. The van der Waals surface area contributed by atoms with E-state index >= 15 is 0 Å². The van der Waals surface area contributed by atoms with E-state index in [1.165, 1.54) is 5.56 Å². The molecular formula is C22H28N4O2. The molecule has 3 rings (SSSR count). The summed E-state index contributed by atoms with van der Waals surface area (Å²) in [5, 5.41) is 0. The van der Waals surface area contributed by atoms with Crippen molar-refractivity contribution in [1.29, 1.82) is 0 Å². The van der Waals surface area contributed by atoms with E-state index < -0.39 is 0 Å². The summed E-state index contributed by atoms with van der Waals surface area (Å²) in [7, 11) is 1.79. The van der Waals surface area contributed by atoms with Gasteiger partial charge in [0.1, 0.15) is 11.6 Å². The molecule has 0 unspecified atom stereocenters. The Labute approximate surface area is 166 Å². The van der Waals surface area contributed by atoms with Crippen molar-refractivity contribution in [2.24, 2.45) is 0 Å². The van der Waals surface area contributed by atoms with Gasteiger partial charge in [-0.2, -0.15) is 0 Å². The number of fused-ring (bicyclic) bond motifs is 1. The summed E-state index contributed by atoms with van der Waals surface area (Å²) in [5.41, 5.74) is 5.20. The van der Waals surface area contributed by atoms with Gasteiger partial charge < -0.3 is 14.6 Å². The number of ether oxygens (including phenoxy) is 1. The van der Waals surface area contributed by atoms with Crippen LogP contribution < -0.4 is 4.74 Å². The van der Waals surface area contributed by atoms with E-state index in [0.717, 1.165) is 46.7 Å². The monoisotopic (exact) mass is 380 g/mol. The summed E-state index contributed by atoms with van der Waals surface area (Å²) in [6.07, 6.45) is 4.52. The molecule has 148 valence electrons. The molecule has 0 aliphatic carbocycles. The third-order valence-electron chi connectivity index (χ3n) is 5.06. The number of nitrogens with zero attached hydrogens (tertiary/aromatic N) is 3. The van der Waals surface area contributed by atoms with Crippen LogP contribution in [0.5, 0.6) is 5.75 Å². The standard InChI is InChI=1S/C22H28N4O2/c1-5-7-17-10-12-23-22-21(17)24-19(25-22)11-13-26(4)20(27)14-28-18-9-6-8-15(2)16(18)3/h6,8-10,12H,5,7,11,13-14H2,1-4H3,(H,23,24,25). The van der Waals surface area contributed by atoms with E-state index in [2.05, 4.69) is 21.9 Å². The minimum absolute atomic E-state index is 0.0309. The highest BCUT2D eigenvalue weighted by Crippen LogP contribution is 2.20. The lowest BCUT2D eigenvalue weighted by Gasteiger charge is -2.17. The van der Waals surface area contributed by atoms with Gasteiger partial charge in [-0.1, -0.05) is 25.5 Å². The summed E-state index contributed by atoms with van der Waals surface area (Å²) in [6, 6.07) is 7.90. The second kappa shape index (κ2) is 8.87. The molecule has 0 saturated heterocycles. The van der Waals surface area contributed by atoms with E-state index in [9.17, 15) is 4.79 Å². The van der Waals surface area contributed by atoms with Gasteiger partial charge in [0, 0.05) is 26.2 Å². The fourth-order valence-corrected chi connectivity index (χ4v) is 3.13. The first-order chi connectivity index (χ1) is 13.5. The Morgan fingerprint density at radius 3 is 2.82 bits per heavy atom. The summed E-state index contributed by atoms with van der Waals surface area (Å²) >= 11 is 0. The zero-order chi connectivity index (χ0) is 20.1. The second-order valence-corrected chi connectivity index (χ2v) is 7.15. The summed E-state index contributed by atoms with van der Waals surface area (Å²) in [4.78, 5) is 26.4. The van der Waals surface area contributed by atoms with Crippen molar-refractivity contribution < 1.29 is 9.53 Å². The number of likely N-dealkylation sites (N-methyl/N-ethyl adjacent to an activating group) is 1. The molecule has 0 bridgehead atoms. The third-order valence-corrected chi connectivity index (χ3v) is 5.06. The number of aromatic nitrogens is 3. The SMILES string of the molecule is CCCc1ccnc2nc(CCN(C)C(=O)COc3cccc(C)c3C)[nH]c12. The van der Waals surface area contributed by atoms with Gasteiger partial charge in [-0.15, -0.1) is 0 Å². The first-order valence-corrected chi connectivity index (χ1v) is 9.75. The zero-order valence-corrected chi connectivity index (χ0v) is 17.1. The number of imidazole rings is 1. The maximum atomic E-state index is 12.4. The van der Waals surface area contributed by atoms with Crippen molar-refractivity contribution in [3.05, 3.63) is 53.0 Å². The van der Waals surface area contributed by atoms with Gasteiger partial charge in [0.15, 0.2) is 12.3 Å². The smallest absolute Gasteiger partial charge is 0.260 e. The summed E-state index contributed by atoms with van der Waals surface area (Å²) < 4.78 is 5.72. The van der Waals surface area contributed by atoms with Crippen molar-refractivity contribution in [2.45, 2.75) is 40.0 Å². The minimum Gasteiger partial charge on any atom is -0.483 e. The predicted molar refractivity (Wildman–Crippen MR) is 111 cm³/mol. The fraction of sp³-hybridized carbons (Fsp3) is 0.409. The quantitative estimate of drug-likeness (QED) is 0.648. The largest absolute Gasteiger partial charge is 0.483 e. The molecule has 6 heteroatoms. The first-order valence-electron chi connectivity index (χ1n) is 9.75. The molecule has 1 N–H and O–H groups in total. The Morgan fingerprint density at radius 1 is 1.21 bits per heavy atom. The van der Waals surface area contributed by atoms with Gasteiger partial charge in [0.05, 0.1) is 5.52 Å². The third kappa shape index (κ3) is 4.50. The molecule has 2 aromatic heterocycles. The highest BCUT2D eigenvalue weighted by atomic mass is 16.5. The van der Waals surface area contributed by atoms with Crippen molar-refractivity contribution in [3.63, 3.8) is 0 Å². The van der Waals surface area contributed by atoms with Crippen molar-refractivity contribution in [2.75, 3.05) is 20.2 Å². The van der Waals surface area contributed by atoms with E-state index in [4.69, 9.17) is 4.74 Å². The van der Waals surface area contributed by atoms with Crippen molar-refractivity contribution in [1.82, 2.24) is 19.9 Å². The molecule has 0 fully saturated rings. The molecule has 0 aliphatic rings. The van der Waals surface area contributed by atoms with E-state index in [1.54, 1.807) is 18.1 Å². The number of pyridine rings is 1. The average Bonchev–Trinajstić information content (AvgIpc) is 3.11. The Morgan fingerprint density at radius 2 is 2.04 bits per heavy atom. The van der Waals surface area contributed by atoms with Crippen LogP contribution in [-0.2, 0) is 17.6 Å². The molecule has 2 heterocycles. The lowest BCUT2D eigenvalue weighted by Crippen LogP contribution is -2.33. The normalized spacial score (nSPS) is 11.0. The van der Waals surface area contributed by atoms with E-state index in [0.29, 0.717) is 13.0 Å². The summed E-state index contributed by atoms with van der Waals surface area (Å²) in [6.45, 7) is 6.79. The first kappa shape index (κ1) is 19.9. The van der Waals surface area contributed by atoms with Crippen LogP contribution >= 0.6 is 0 Å². The number of hydrogen-bond acceptors (Lipinski definition) is 4. The van der Waals surface area contributed by atoms with E-state index in [-0.39, 0.29) is 12.5 Å². The lowest BCUT2D eigenvalue weighted by atomic mass is 10.1. The number of rotatable bonds is 8. The molecule has 1 aromatic carbocycles. The highest BCUT2D eigenvalue weighted by molar-refractivity contribution is 5.77. The van der Waals surface area contributed by atoms with Crippen LogP contribution in [0.25, 0.3) is 11.2 Å². The molecule has 0 atom stereocenters. The molecule has 3 aromatic rings. The number of benzene rings is 1. The molecule has 0 radical (unpaired) electrons. The lowest BCUT2D eigenvalue weighted by molar-refractivity contribution is -0.132. The number of aromatic amines is 1. The molecule has 28 heavy (non-hydrogen) atoms. The number of aryl methyl sites for hydroxylation is 2. The van der Waals surface area contributed by atoms with Crippen LogP contribution in [0.2, 0.25) is 0 Å². The Kier molecular flexibility index (Phi) is 6.29. The highest BCUT2D eigenvalue weighted by Gasteiger charge is 2.13. The number of nitrogens with one attached hydrogen (secondary N) is 1. The number of H-pyrrole nitrogens is 1. The number of hydrogen-bond donors (Lipinski definition) is 1. The van der Waals surface area contributed by atoms with Crippen LogP contribution in [0.15, 0.2) is 30.5 Å². The van der Waals surface area contributed by atoms with Crippen molar-refractivity contribution in [3.8, 4) is 5.75 Å². The van der Waals surface area contributed by atoms with Crippen molar-refractivity contribution >= 4 is 17.1 Å². The maximum absolute atomic E-state index is 12.4. The molecule has 6 nitrogen and oxygen atoms in total. The topological polar surface area (TPSA) is 71.1 Å². The predicted octanol–water partition coefficient (Wildman–Crippen LogP) is 3.61. The van der Waals surface area contributed by atoms with Crippen LogP contribution in [-0.4, -0.2) is 46.0 Å². The van der Waals surface area contributed by atoms with Gasteiger partial charge in [0.25, 0.3) is 5.91 Å². The van der Waals surface area contributed by atoms with Gasteiger partial charge in [-0.3, -0.25) is 4.79 Å². The van der Waals surface area contributed by atoms with Gasteiger partial charge >= 0.3 is 0 Å². The molecule has 0 spiro atoms. The summed E-state index contributed by atoms with van der Waals surface area (Å²) in [5.74, 6) is 1.55. The molecular weight excluding hydrogens is 352 g/mol. The van der Waals surface area contributed by atoms with Gasteiger partial charge in [-0.25, -0.2) is 9.97 Å². The van der Waals surface area contributed by atoms with Crippen LogP contribution in [0, 0.1) is 13.8 Å². The second-order valence-electron chi connectivity index (χ2n) is 7.15. The van der Waals surface area contributed by atoms with Gasteiger partial charge in [-0.05, 0) is 49.1 Å². The number of carbonyl (C=O) groups excluding carboxylic acids is 1. The maximum Gasteiger partial charge on any atom is 0.260 e. The fourth-order valence-electron chi connectivity index (χ4n) is 3.13. The number of amides is 1. The van der Waals surface area contributed by atoms with Crippen LogP contribution in [0.1, 0.15) is 35.9 Å². The average molecular weight is 380 g/mol. The zero-order valence-electron chi connectivity index (χ0n) is 17.1. The Hall–Kier alpha value is -2.89. The molecule has 1 amide bonds. The molecule has 0 saturated carbocycles. The van der Waals surface area contributed by atoms with Gasteiger partial charge in [0.2, 0.25) is 0 Å². The van der Waals surface area contributed by atoms with E-state index in [1.807, 2.05) is 38.1 Å². The Balaban J connectivity index is 1.56. The van der Waals surface area contributed by atoms with Crippen LogP contribution in [0.3, 0.4) is 0 Å². The minimum atomic E-state index is -0.0539. The van der Waals surface area contributed by atoms with Crippen LogP contribution in [0.4, 0.5) is 0 Å².